The molecule has 0 unspecified atom stereocenters. The topological polar surface area (TPSA) is 162 Å². The van der Waals surface area contributed by atoms with Gasteiger partial charge < -0.3 is 19.9 Å². The molecule has 0 aromatic carbocycles. The number of anilines is 1. The molecule has 6 atom stereocenters. The Hall–Kier alpha value is -2.02. The molecule has 0 amide bonds. The number of hydrogen-bond donors (Lipinski definition) is 2. The zero-order chi connectivity index (χ0) is 24.8. The molecule has 15 heteroatoms. The number of halogens is 1. The quantitative estimate of drug-likeness (QED) is 0.312. The van der Waals surface area contributed by atoms with Crippen LogP contribution in [0.4, 0.5) is 5.95 Å². The number of esters is 1. The van der Waals surface area contributed by atoms with Crippen molar-refractivity contribution in [2.45, 2.75) is 70.1 Å². The SMILES string of the molecule is CCOc1nc(N)nc2c1ncn2[C@@H]1O[C@@H]2CO[P@@](=O)(N[C@@H](C)C(=O)OC(C)C)O[C@H]2[C@@]1(C)Cl. The van der Waals surface area contributed by atoms with E-state index in [2.05, 4.69) is 20.0 Å². The van der Waals surface area contributed by atoms with Gasteiger partial charge in [-0.15, -0.1) is 11.6 Å². The summed E-state index contributed by atoms with van der Waals surface area (Å²) in [5, 5.41) is 2.61. The standard InChI is InChI=1S/C19H28ClN6O7P/c1-6-29-15-12-14(23-18(21)24-15)26(8-22-12)17-19(5,20)13-11(32-17)7-30-34(28,33-13)25-10(4)16(27)31-9(2)3/h8-11,13,17H,6-7H2,1-5H3,(H,25,28)(H2,21,23,24)/t10-,11+,13+,17+,19+,34-/m0/s1. The van der Waals surface area contributed by atoms with Gasteiger partial charge in [-0.05, 0) is 34.6 Å². The van der Waals surface area contributed by atoms with E-state index < -0.39 is 43.1 Å². The van der Waals surface area contributed by atoms with Gasteiger partial charge in [0.05, 0.1) is 25.6 Å². The summed E-state index contributed by atoms with van der Waals surface area (Å²) in [6.07, 6.45) is -1.14. The second kappa shape index (κ2) is 9.21. The first-order valence-corrected chi connectivity index (χ1v) is 12.8. The molecule has 2 aliphatic heterocycles. The van der Waals surface area contributed by atoms with Crippen LogP contribution in [0.15, 0.2) is 6.33 Å². The monoisotopic (exact) mass is 518 g/mol. The summed E-state index contributed by atoms with van der Waals surface area (Å²) in [6.45, 7) is 8.74. The zero-order valence-electron chi connectivity index (χ0n) is 19.4. The third-order valence-corrected chi connectivity index (χ3v) is 7.44. The van der Waals surface area contributed by atoms with Crippen molar-refractivity contribution in [1.29, 1.82) is 0 Å². The smallest absolute Gasteiger partial charge is 0.406 e. The first-order chi connectivity index (χ1) is 15.9. The number of nitrogens with one attached hydrogen (secondary N) is 1. The molecule has 2 saturated heterocycles. The van der Waals surface area contributed by atoms with Crippen molar-refractivity contribution < 1.29 is 32.6 Å². The molecular formula is C19H28ClN6O7P. The summed E-state index contributed by atoms with van der Waals surface area (Å²) in [6, 6.07) is -0.932. The Morgan fingerprint density at radius 2 is 2.18 bits per heavy atom. The Labute approximate surface area is 201 Å². The van der Waals surface area contributed by atoms with E-state index >= 15 is 0 Å². The van der Waals surface area contributed by atoms with Crippen molar-refractivity contribution in [2.24, 2.45) is 0 Å². The van der Waals surface area contributed by atoms with Gasteiger partial charge in [0.15, 0.2) is 17.4 Å². The molecule has 2 fully saturated rings. The molecule has 0 radical (unpaired) electrons. The van der Waals surface area contributed by atoms with Crippen LogP contribution in [0.1, 0.15) is 40.8 Å². The lowest BCUT2D eigenvalue weighted by Gasteiger charge is -2.36. The van der Waals surface area contributed by atoms with E-state index in [-0.39, 0.29) is 24.5 Å². The number of nitrogens with zero attached hydrogens (tertiary/aromatic N) is 4. The first kappa shape index (κ1) is 25.1. The molecule has 188 valence electrons. The average molecular weight is 519 g/mol. The van der Waals surface area contributed by atoms with Gasteiger partial charge in [-0.3, -0.25) is 18.4 Å². The van der Waals surface area contributed by atoms with E-state index in [0.717, 1.165) is 0 Å². The number of imidazole rings is 1. The van der Waals surface area contributed by atoms with Crippen molar-refractivity contribution in [1.82, 2.24) is 24.6 Å². The fourth-order valence-electron chi connectivity index (χ4n) is 3.87. The summed E-state index contributed by atoms with van der Waals surface area (Å²) < 4.78 is 42.9. The lowest BCUT2D eigenvalue weighted by molar-refractivity contribution is -0.149. The summed E-state index contributed by atoms with van der Waals surface area (Å²) in [5.41, 5.74) is 6.61. The van der Waals surface area contributed by atoms with Crippen molar-refractivity contribution in [2.75, 3.05) is 18.9 Å². The second-order valence-corrected chi connectivity index (χ2v) is 11.0. The van der Waals surface area contributed by atoms with Crippen LogP contribution in [0, 0.1) is 0 Å². The van der Waals surface area contributed by atoms with Crippen LogP contribution >= 0.6 is 19.3 Å². The van der Waals surface area contributed by atoms with Crippen LogP contribution in [0.25, 0.3) is 11.2 Å². The third kappa shape index (κ3) is 4.60. The molecule has 0 bridgehead atoms. The van der Waals surface area contributed by atoms with Gasteiger partial charge >= 0.3 is 13.7 Å². The number of aromatic nitrogens is 4. The van der Waals surface area contributed by atoms with Crippen LogP contribution in [0.5, 0.6) is 5.88 Å². The normalized spacial score (nSPS) is 32.0. The van der Waals surface area contributed by atoms with E-state index in [1.807, 2.05) is 6.92 Å². The Bertz CT molecular complexity index is 1130. The van der Waals surface area contributed by atoms with E-state index in [0.29, 0.717) is 17.8 Å². The van der Waals surface area contributed by atoms with Gasteiger partial charge in [0.1, 0.15) is 23.1 Å². The average Bonchev–Trinajstić information content (AvgIpc) is 3.25. The minimum atomic E-state index is -3.90. The maximum absolute atomic E-state index is 13.3. The van der Waals surface area contributed by atoms with Gasteiger partial charge in [-0.2, -0.15) is 9.97 Å². The predicted octanol–water partition coefficient (Wildman–Crippen LogP) is 2.16. The predicted molar refractivity (Wildman–Crippen MR) is 121 cm³/mol. The van der Waals surface area contributed by atoms with Crippen molar-refractivity contribution >= 4 is 42.4 Å². The number of alkyl halides is 1. The van der Waals surface area contributed by atoms with E-state index in [4.69, 9.17) is 40.6 Å². The first-order valence-electron chi connectivity index (χ1n) is 10.8. The maximum Gasteiger partial charge on any atom is 0.406 e. The number of ether oxygens (including phenoxy) is 3. The molecule has 4 heterocycles. The Morgan fingerprint density at radius 1 is 1.44 bits per heavy atom. The van der Waals surface area contributed by atoms with E-state index in [1.54, 1.807) is 25.3 Å². The Balaban J connectivity index is 1.58. The van der Waals surface area contributed by atoms with Crippen molar-refractivity contribution in [3.05, 3.63) is 6.33 Å². The van der Waals surface area contributed by atoms with Crippen LogP contribution in [0.3, 0.4) is 0 Å². The third-order valence-electron chi connectivity index (χ3n) is 5.34. The summed E-state index contributed by atoms with van der Waals surface area (Å²) in [5.74, 6) is -0.341. The van der Waals surface area contributed by atoms with Crippen LogP contribution in [-0.2, 0) is 27.9 Å². The van der Waals surface area contributed by atoms with Gasteiger partial charge in [-0.25, -0.2) is 14.6 Å². The molecular weight excluding hydrogens is 491 g/mol. The lowest BCUT2D eigenvalue weighted by Crippen LogP contribution is -2.47. The van der Waals surface area contributed by atoms with Gasteiger partial charge in [-0.1, -0.05) is 0 Å². The van der Waals surface area contributed by atoms with Crippen molar-refractivity contribution in [3.8, 4) is 5.88 Å². The highest BCUT2D eigenvalue weighted by atomic mass is 35.5. The van der Waals surface area contributed by atoms with Crippen LogP contribution < -0.4 is 15.6 Å². The molecule has 2 aromatic heterocycles. The summed E-state index contributed by atoms with van der Waals surface area (Å²) in [4.78, 5) is 23.6. The van der Waals surface area contributed by atoms with E-state index in [1.165, 1.54) is 13.3 Å². The molecule has 3 N–H and O–H groups in total. The maximum atomic E-state index is 13.3. The van der Waals surface area contributed by atoms with Crippen LogP contribution in [0.2, 0.25) is 0 Å². The Kier molecular flexibility index (Phi) is 6.80. The summed E-state index contributed by atoms with van der Waals surface area (Å²) in [7, 11) is -3.90. The zero-order valence-corrected chi connectivity index (χ0v) is 21.1. The highest BCUT2D eigenvalue weighted by Crippen LogP contribution is 2.57. The summed E-state index contributed by atoms with van der Waals surface area (Å²) >= 11 is 6.93. The molecule has 0 spiro atoms. The van der Waals surface area contributed by atoms with Gasteiger partial charge in [0.2, 0.25) is 11.8 Å². The molecule has 0 saturated carbocycles. The fourth-order valence-corrected chi connectivity index (χ4v) is 6.04. The number of carbonyl (C=O) groups is 1. The molecule has 4 rings (SSSR count). The highest BCUT2D eigenvalue weighted by molar-refractivity contribution is 7.51. The lowest BCUT2D eigenvalue weighted by atomic mass is 10.0. The van der Waals surface area contributed by atoms with E-state index in [9.17, 15) is 9.36 Å². The van der Waals surface area contributed by atoms with Gasteiger partial charge in [0, 0.05) is 0 Å². The molecule has 2 aliphatic rings. The Morgan fingerprint density at radius 3 is 2.85 bits per heavy atom. The number of hydrogen-bond acceptors (Lipinski definition) is 11. The minimum Gasteiger partial charge on any atom is -0.476 e. The fraction of sp³-hybridized carbons (Fsp3) is 0.684. The number of nitrogen functional groups attached to an aromatic ring is 1. The number of rotatable bonds is 7. The molecule has 2 aromatic rings. The number of nitrogens with two attached hydrogens (primary N) is 1. The van der Waals surface area contributed by atoms with Gasteiger partial charge in [0.25, 0.3) is 0 Å². The highest BCUT2D eigenvalue weighted by Gasteiger charge is 2.60. The molecule has 0 aliphatic carbocycles. The minimum absolute atomic E-state index is 0.0000513. The van der Waals surface area contributed by atoms with Crippen LogP contribution in [-0.4, -0.2) is 67.9 Å². The second-order valence-electron chi connectivity index (χ2n) is 8.48. The number of carbonyl (C=O) groups excluding carboxylic acids is 1. The largest absolute Gasteiger partial charge is 0.476 e. The van der Waals surface area contributed by atoms with Crippen molar-refractivity contribution in [3.63, 3.8) is 0 Å². The number of fused-ring (bicyclic) bond motifs is 2. The molecule has 13 nitrogen and oxygen atoms in total. The molecule has 34 heavy (non-hydrogen) atoms.